The molecule has 29 heavy (non-hydrogen) atoms. The van der Waals surface area contributed by atoms with Crippen molar-refractivity contribution >= 4 is 29.3 Å². The molecule has 2 aromatic carbocycles. The van der Waals surface area contributed by atoms with Crippen molar-refractivity contribution < 1.29 is 14.3 Å². The number of carbonyl (C=O) groups is 2. The van der Waals surface area contributed by atoms with Crippen LogP contribution in [-0.2, 0) is 20.7 Å². The minimum Gasteiger partial charge on any atom is -0.451 e. The third kappa shape index (κ3) is 3.91. The van der Waals surface area contributed by atoms with Crippen LogP contribution in [0.3, 0.4) is 0 Å². The lowest BCUT2D eigenvalue weighted by molar-refractivity contribution is -0.142. The summed E-state index contributed by atoms with van der Waals surface area (Å²) in [5.41, 5.74) is 2.90. The topological polar surface area (TPSA) is 90.2 Å². The molecule has 4 rings (SSSR count). The Kier molecular flexibility index (Phi) is 5.15. The second kappa shape index (κ2) is 8.05. The minimum absolute atomic E-state index is 0.133. The van der Waals surface area contributed by atoms with Gasteiger partial charge in [-0.15, -0.1) is 5.10 Å². The van der Waals surface area contributed by atoms with Gasteiger partial charge in [0.2, 0.25) is 0 Å². The third-order valence-corrected chi connectivity index (χ3v) is 4.68. The molecular formula is C21H19N5O3. The Hall–Kier alpha value is -3.81. The number of para-hydroxylation sites is 1. The molecule has 0 spiro atoms. The second-order valence-electron chi connectivity index (χ2n) is 6.58. The van der Waals surface area contributed by atoms with Gasteiger partial charge in [0, 0.05) is 12.2 Å². The number of rotatable bonds is 5. The molecule has 0 fully saturated rings. The molecule has 0 radical (unpaired) electrons. The molecule has 0 saturated heterocycles. The number of benzene rings is 2. The molecule has 0 atom stereocenters. The van der Waals surface area contributed by atoms with E-state index in [0.717, 1.165) is 23.2 Å². The summed E-state index contributed by atoms with van der Waals surface area (Å²) in [7, 11) is 0. The van der Waals surface area contributed by atoms with Crippen molar-refractivity contribution in [2.75, 3.05) is 18.1 Å². The zero-order valence-corrected chi connectivity index (χ0v) is 15.9. The molecular weight excluding hydrogens is 370 g/mol. The highest BCUT2D eigenvalue weighted by atomic mass is 16.5. The molecule has 3 aromatic rings. The highest BCUT2D eigenvalue weighted by Crippen LogP contribution is 2.27. The van der Waals surface area contributed by atoms with Crippen molar-refractivity contribution in [3.8, 4) is 0 Å². The van der Waals surface area contributed by atoms with Gasteiger partial charge in [0.05, 0.1) is 0 Å². The number of ether oxygens (including phenoxy) is 1. The first-order chi connectivity index (χ1) is 14.1. The van der Waals surface area contributed by atoms with Crippen molar-refractivity contribution in [1.29, 1.82) is 0 Å². The Balaban J connectivity index is 1.51. The number of tetrazole rings is 1. The number of carbonyl (C=O) groups excluding carboxylic acids is 2. The molecule has 0 aliphatic carbocycles. The van der Waals surface area contributed by atoms with Gasteiger partial charge in [0.25, 0.3) is 5.91 Å². The van der Waals surface area contributed by atoms with Gasteiger partial charge in [-0.05, 0) is 47.0 Å². The van der Waals surface area contributed by atoms with Crippen LogP contribution in [0.1, 0.15) is 17.0 Å². The van der Waals surface area contributed by atoms with Crippen LogP contribution in [-0.4, -0.2) is 45.2 Å². The summed E-state index contributed by atoms with van der Waals surface area (Å²) in [6.07, 6.45) is 2.42. The lowest BCUT2D eigenvalue weighted by Gasteiger charge is -2.17. The van der Waals surface area contributed by atoms with Gasteiger partial charge in [-0.25, -0.2) is 4.79 Å². The maximum absolute atomic E-state index is 12.8. The van der Waals surface area contributed by atoms with Gasteiger partial charge < -0.3 is 9.64 Å². The average molecular weight is 389 g/mol. The lowest BCUT2D eigenvalue weighted by Crippen LogP contribution is -2.33. The van der Waals surface area contributed by atoms with Crippen LogP contribution in [0, 0.1) is 6.92 Å². The summed E-state index contributed by atoms with van der Waals surface area (Å²) in [5.74, 6) is -0.509. The molecule has 1 aliphatic heterocycles. The van der Waals surface area contributed by atoms with Crippen LogP contribution < -0.4 is 4.90 Å². The molecule has 8 heteroatoms. The number of esters is 1. The summed E-state index contributed by atoms with van der Waals surface area (Å²) >= 11 is 0. The van der Waals surface area contributed by atoms with E-state index in [1.807, 2.05) is 54.6 Å². The van der Waals surface area contributed by atoms with E-state index in [0.29, 0.717) is 12.4 Å². The number of amides is 1. The van der Waals surface area contributed by atoms with Crippen LogP contribution in [0.25, 0.3) is 11.8 Å². The molecule has 1 amide bonds. The minimum atomic E-state index is -0.676. The van der Waals surface area contributed by atoms with Crippen molar-refractivity contribution in [2.45, 2.75) is 13.3 Å². The number of aryl methyl sites for hydroxylation is 1. The van der Waals surface area contributed by atoms with E-state index in [1.165, 1.54) is 4.68 Å². The van der Waals surface area contributed by atoms with Gasteiger partial charge in [-0.3, -0.25) is 4.79 Å². The Bertz CT molecular complexity index is 1070. The molecule has 0 unspecified atom stereocenters. The molecule has 2 heterocycles. The number of anilines is 1. The Morgan fingerprint density at radius 3 is 2.62 bits per heavy atom. The first kappa shape index (κ1) is 18.5. The zero-order valence-electron chi connectivity index (χ0n) is 15.9. The maximum Gasteiger partial charge on any atom is 0.357 e. The molecule has 0 N–H and O–H groups in total. The summed E-state index contributed by atoms with van der Waals surface area (Å²) in [5, 5.41) is 11.3. The number of fused-ring (bicyclic) bond motifs is 1. The number of hydrogen-bond donors (Lipinski definition) is 0. The Morgan fingerprint density at radius 1 is 1.10 bits per heavy atom. The molecule has 1 aliphatic rings. The van der Waals surface area contributed by atoms with Gasteiger partial charge in [0.15, 0.2) is 18.1 Å². The lowest BCUT2D eigenvalue weighted by atomic mass is 10.2. The SMILES string of the molecule is Cc1nnnn1C(=Cc1ccccc1)C(=O)OCC(=O)N1CCc2ccccc21. The first-order valence-electron chi connectivity index (χ1n) is 9.21. The number of aromatic nitrogens is 4. The Labute approximate surface area is 167 Å². The normalized spacial score (nSPS) is 13.3. The molecule has 146 valence electrons. The van der Waals surface area contributed by atoms with Crippen LogP contribution >= 0.6 is 0 Å². The fourth-order valence-electron chi connectivity index (χ4n) is 3.24. The molecule has 0 saturated carbocycles. The van der Waals surface area contributed by atoms with Crippen molar-refractivity contribution in [3.05, 3.63) is 71.5 Å². The van der Waals surface area contributed by atoms with E-state index >= 15 is 0 Å². The Morgan fingerprint density at radius 2 is 1.86 bits per heavy atom. The summed E-state index contributed by atoms with van der Waals surface area (Å²) in [6, 6.07) is 17.0. The quantitative estimate of drug-likeness (QED) is 0.490. The van der Waals surface area contributed by atoms with Crippen LogP contribution in [0.4, 0.5) is 5.69 Å². The van der Waals surface area contributed by atoms with Crippen LogP contribution in [0.2, 0.25) is 0 Å². The van der Waals surface area contributed by atoms with Gasteiger partial charge >= 0.3 is 5.97 Å². The fraction of sp³-hybridized carbons (Fsp3) is 0.190. The smallest absolute Gasteiger partial charge is 0.357 e. The monoisotopic (exact) mass is 389 g/mol. The van der Waals surface area contributed by atoms with Gasteiger partial charge in [0.1, 0.15) is 0 Å². The summed E-state index contributed by atoms with van der Waals surface area (Å²) in [4.78, 5) is 27.1. The third-order valence-electron chi connectivity index (χ3n) is 4.68. The van der Waals surface area contributed by atoms with Crippen molar-refractivity contribution in [1.82, 2.24) is 20.2 Å². The standard InChI is InChI=1S/C21H19N5O3/c1-15-22-23-24-26(15)19(13-16-7-3-2-4-8-16)21(28)29-14-20(27)25-12-11-17-9-5-6-10-18(17)25/h2-10,13H,11-12,14H2,1H3. The van der Waals surface area contributed by atoms with E-state index in [-0.39, 0.29) is 18.2 Å². The molecule has 1 aromatic heterocycles. The van der Waals surface area contributed by atoms with Crippen LogP contribution in [0.15, 0.2) is 54.6 Å². The second-order valence-corrected chi connectivity index (χ2v) is 6.58. The maximum atomic E-state index is 12.8. The first-order valence-corrected chi connectivity index (χ1v) is 9.21. The van der Waals surface area contributed by atoms with Gasteiger partial charge in [-0.1, -0.05) is 48.5 Å². The van der Waals surface area contributed by atoms with E-state index in [1.54, 1.807) is 17.9 Å². The predicted octanol–water partition coefficient (Wildman–Crippen LogP) is 2.11. The van der Waals surface area contributed by atoms with E-state index in [9.17, 15) is 9.59 Å². The highest BCUT2D eigenvalue weighted by molar-refractivity contribution is 6.15. The van der Waals surface area contributed by atoms with E-state index in [2.05, 4.69) is 15.5 Å². The average Bonchev–Trinajstić information content (AvgIpc) is 3.37. The largest absolute Gasteiger partial charge is 0.451 e. The number of hydrogen-bond acceptors (Lipinski definition) is 6. The fourth-order valence-corrected chi connectivity index (χ4v) is 3.24. The zero-order chi connectivity index (χ0) is 20.2. The van der Waals surface area contributed by atoms with Crippen molar-refractivity contribution in [2.24, 2.45) is 0 Å². The van der Waals surface area contributed by atoms with Crippen LogP contribution in [0.5, 0.6) is 0 Å². The molecule has 0 bridgehead atoms. The van der Waals surface area contributed by atoms with E-state index in [4.69, 9.17) is 4.74 Å². The van der Waals surface area contributed by atoms with Crippen molar-refractivity contribution in [3.63, 3.8) is 0 Å². The molecule has 8 nitrogen and oxygen atoms in total. The highest BCUT2D eigenvalue weighted by Gasteiger charge is 2.26. The number of nitrogens with zero attached hydrogens (tertiary/aromatic N) is 5. The predicted molar refractivity (Wildman–Crippen MR) is 107 cm³/mol. The summed E-state index contributed by atoms with van der Waals surface area (Å²) < 4.78 is 6.63. The van der Waals surface area contributed by atoms with Gasteiger partial charge in [-0.2, -0.15) is 4.68 Å². The summed E-state index contributed by atoms with van der Waals surface area (Å²) in [6.45, 7) is 1.90. The van der Waals surface area contributed by atoms with E-state index < -0.39 is 5.97 Å².